The summed E-state index contributed by atoms with van der Waals surface area (Å²) in [6, 6.07) is 8.16. The van der Waals surface area contributed by atoms with Crippen molar-refractivity contribution in [2.45, 2.75) is 18.9 Å². The van der Waals surface area contributed by atoms with Gasteiger partial charge in [-0.3, -0.25) is 4.68 Å². The van der Waals surface area contributed by atoms with Crippen molar-refractivity contribution in [2.24, 2.45) is 12.8 Å². The van der Waals surface area contributed by atoms with Crippen LogP contribution in [0.3, 0.4) is 0 Å². The fourth-order valence-corrected chi connectivity index (χ4v) is 3.25. The highest BCUT2D eigenvalue weighted by Gasteiger charge is 2.11. The van der Waals surface area contributed by atoms with Crippen LogP contribution in [0, 0.1) is 0 Å². The Labute approximate surface area is 124 Å². The van der Waals surface area contributed by atoms with Crippen LogP contribution in [0.4, 0.5) is 0 Å². The van der Waals surface area contributed by atoms with E-state index in [9.17, 15) is 0 Å². The highest BCUT2D eigenvalue weighted by atomic mass is 79.9. The fraction of sp³-hybridized carbons (Fsp3) is 0.308. The Morgan fingerprint density at radius 1 is 1.33 bits per heavy atom. The molecule has 0 radical (unpaired) electrons. The van der Waals surface area contributed by atoms with E-state index in [0.717, 1.165) is 27.4 Å². The van der Waals surface area contributed by atoms with Crippen LogP contribution in [0.5, 0.6) is 0 Å². The molecule has 2 aromatic rings. The van der Waals surface area contributed by atoms with Crippen LogP contribution in [-0.4, -0.2) is 9.78 Å². The minimum atomic E-state index is 0.0300. The second-order valence-corrected chi connectivity index (χ2v) is 6.03. The predicted octanol–water partition coefficient (Wildman–Crippen LogP) is 3.58. The molecule has 0 aliphatic rings. The van der Waals surface area contributed by atoms with Crippen LogP contribution in [0.2, 0.25) is 0 Å². The Morgan fingerprint density at radius 2 is 2.11 bits per heavy atom. The average Bonchev–Trinajstić information content (AvgIpc) is 2.72. The average molecular weight is 373 g/mol. The van der Waals surface area contributed by atoms with Crippen molar-refractivity contribution in [3.05, 3.63) is 50.7 Å². The molecule has 0 aliphatic carbocycles. The maximum Gasteiger partial charge on any atom is 0.0492 e. The first-order valence-electron chi connectivity index (χ1n) is 5.75. The molecule has 2 N–H and O–H groups in total. The number of rotatable bonds is 4. The van der Waals surface area contributed by atoms with E-state index in [1.54, 1.807) is 0 Å². The van der Waals surface area contributed by atoms with Gasteiger partial charge in [-0.05, 0) is 36.6 Å². The third-order valence-corrected chi connectivity index (χ3v) is 4.18. The van der Waals surface area contributed by atoms with Crippen LogP contribution in [0.25, 0.3) is 0 Å². The number of nitrogens with two attached hydrogens (primary N) is 1. The number of hydrogen-bond acceptors (Lipinski definition) is 2. The van der Waals surface area contributed by atoms with Crippen LogP contribution in [0.15, 0.2) is 39.4 Å². The van der Waals surface area contributed by atoms with Crippen molar-refractivity contribution < 1.29 is 0 Å². The van der Waals surface area contributed by atoms with Gasteiger partial charge in [0.2, 0.25) is 0 Å². The molecule has 5 heteroatoms. The van der Waals surface area contributed by atoms with E-state index in [0.29, 0.717) is 0 Å². The van der Waals surface area contributed by atoms with Crippen LogP contribution in [0.1, 0.15) is 23.7 Å². The Balaban J connectivity index is 2.03. The van der Waals surface area contributed by atoms with Gasteiger partial charge in [0.1, 0.15) is 0 Å². The molecule has 0 saturated heterocycles. The molecule has 2 rings (SSSR count). The standard InChI is InChI=1S/C13H15Br2N3/c1-18-10(6-7-17-18)3-5-13(16)11-4-2-9(14)8-12(11)15/h2,4,6-8,13H,3,5,16H2,1H3. The summed E-state index contributed by atoms with van der Waals surface area (Å²) in [5.74, 6) is 0. The second kappa shape index (κ2) is 5.99. The largest absolute Gasteiger partial charge is 0.324 e. The quantitative estimate of drug-likeness (QED) is 0.891. The van der Waals surface area contributed by atoms with E-state index in [4.69, 9.17) is 5.73 Å². The molecule has 0 amide bonds. The van der Waals surface area contributed by atoms with Crippen molar-refractivity contribution in [1.82, 2.24) is 9.78 Å². The summed E-state index contributed by atoms with van der Waals surface area (Å²) in [5, 5.41) is 4.16. The van der Waals surface area contributed by atoms with Gasteiger partial charge in [-0.15, -0.1) is 0 Å². The molecule has 1 heterocycles. The van der Waals surface area contributed by atoms with E-state index in [2.05, 4.69) is 43.0 Å². The van der Waals surface area contributed by atoms with Crippen LogP contribution in [-0.2, 0) is 13.5 Å². The highest BCUT2D eigenvalue weighted by Crippen LogP contribution is 2.27. The van der Waals surface area contributed by atoms with E-state index < -0.39 is 0 Å². The molecule has 0 saturated carbocycles. The third kappa shape index (κ3) is 3.22. The number of hydrogen-bond donors (Lipinski definition) is 1. The van der Waals surface area contributed by atoms with Gasteiger partial charge in [0, 0.05) is 33.9 Å². The van der Waals surface area contributed by atoms with Crippen molar-refractivity contribution in [3.8, 4) is 0 Å². The Morgan fingerprint density at radius 3 is 2.72 bits per heavy atom. The minimum absolute atomic E-state index is 0.0300. The van der Waals surface area contributed by atoms with Crippen molar-refractivity contribution in [1.29, 1.82) is 0 Å². The Kier molecular flexibility index (Phi) is 4.59. The highest BCUT2D eigenvalue weighted by molar-refractivity contribution is 9.11. The van der Waals surface area contributed by atoms with E-state index in [1.165, 1.54) is 5.69 Å². The van der Waals surface area contributed by atoms with Gasteiger partial charge < -0.3 is 5.73 Å². The monoisotopic (exact) mass is 371 g/mol. The number of benzene rings is 1. The fourth-order valence-electron chi connectivity index (χ4n) is 1.91. The first-order valence-corrected chi connectivity index (χ1v) is 7.34. The molecule has 1 aromatic carbocycles. The smallest absolute Gasteiger partial charge is 0.0492 e. The predicted molar refractivity (Wildman–Crippen MR) is 80.3 cm³/mol. The van der Waals surface area contributed by atoms with Gasteiger partial charge in [0.15, 0.2) is 0 Å². The van der Waals surface area contributed by atoms with Crippen LogP contribution < -0.4 is 5.73 Å². The molecule has 3 nitrogen and oxygen atoms in total. The second-order valence-electron chi connectivity index (χ2n) is 4.26. The summed E-state index contributed by atoms with van der Waals surface area (Å²) in [6.07, 6.45) is 3.65. The first-order chi connectivity index (χ1) is 8.58. The third-order valence-electron chi connectivity index (χ3n) is 3.00. The Hall–Kier alpha value is -0.650. The maximum absolute atomic E-state index is 6.24. The molecule has 0 aliphatic heterocycles. The molecular weight excluding hydrogens is 358 g/mol. The molecular formula is C13H15Br2N3. The zero-order chi connectivity index (χ0) is 13.1. The van der Waals surface area contributed by atoms with Gasteiger partial charge >= 0.3 is 0 Å². The van der Waals surface area contributed by atoms with E-state index in [1.807, 2.05) is 36.1 Å². The van der Waals surface area contributed by atoms with Gasteiger partial charge in [-0.1, -0.05) is 37.9 Å². The summed E-state index contributed by atoms with van der Waals surface area (Å²) in [7, 11) is 1.95. The topological polar surface area (TPSA) is 43.8 Å². The number of nitrogens with zero attached hydrogens (tertiary/aromatic N) is 2. The zero-order valence-electron chi connectivity index (χ0n) is 10.1. The molecule has 1 aromatic heterocycles. The van der Waals surface area contributed by atoms with Crippen molar-refractivity contribution >= 4 is 31.9 Å². The summed E-state index contributed by atoms with van der Waals surface area (Å²) in [4.78, 5) is 0. The summed E-state index contributed by atoms with van der Waals surface area (Å²) < 4.78 is 4.00. The zero-order valence-corrected chi connectivity index (χ0v) is 13.3. The molecule has 96 valence electrons. The van der Waals surface area contributed by atoms with E-state index in [-0.39, 0.29) is 6.04 Å². The van der Waals surface area contributed by atoms with Crippen molar-refractivity contribution in [3.63, 3.8) is 0 Å². The molecule has 1 unspecified atom stereocenters. The normalized spacial score (nSPS) is 12.7. The lowest BCUT2D eigenvalue weighted by atomic mass is 10.0. The lowest BCUT2D eigenvalue weighted by Gasteiger charge is -2.14. The first kappa shape index (κ1) is 13.8. The van der Waals surface area contributed by atoms with Gasteiger partial charge in [0.05, 0.1) is 0 Å². The number of aryl methyl sites for hydroxylation is 2. The maximum atomic E-state index is 6.24. The summed E-state index contributed by atoms with van der Waals surface area (Å²) in [5.41, 5.74) is 8.58. The summed E-state index contributed by atoms with van der Waals surface area (Å²) >= 11 is 7.00. The molecule has 0 bridgehead atoms. The molecule has 0 fully saturated rings. The molecule has 0 spiro atoms. The van der Waals surface area contributed by atoms with E-state index >= 15 is 0 Å². The minimum Gasteiger partial charge on any atom is -0.324 e. The summed E-state index contributed by atoms with van der Waals surface area (Å²) in [6.45, 7) is 0. The van der Waals surface area contributed by atoms with Crippen LogP contribution >= 0.6 is 31.9 Å². The van der Waals surface area contributed by atoms with Gasteiger partial charge in [0.25, 0.3) is 0 Å². The molecule has 1 atom stereocenters. The number of aromatic nitrogens is 2. The van der Waals surface area contributed by atoms with Crippen molar-refractivity contribution in [2.75, 3.05) is 0 Å². The Bertz CT molecular complexity index is 537. The molecule has 18 heavy (non-hydrogen) atoms. The lowest BCUT2D eigenvalue weighted by Crippen LogP contribution is -2.13. The number of halogens is 2. The van der Waals surface area contributed by atoms with Gasteiger partial charge in [-0.25, -0.2) is 0 Å². The SMILES string of the molecule is Cn1nccc1CCC(N)c1ccc(Br)cc1Br. The van der Waals surface area contributed by atoms with Gasteiger partial charge in [-0.2, -0.15) is 5.10 Å². The lowest BCUT2D eigenvalue weighted by molar-refractivity contribution is 0.612.